The van der Waals surface area contributed by atoms with Gasteiger partial charge in [0.05, 0.1) is 4.90 Å². The molecule has 0 radical (unpaired) electrons. The third kappa shape index (κ3) is 6.61. The molecule has 0 atom stereocenters. The molecule has 0 saturated heterocycles. The molecule has 0 aromatic heterocycles. The molecule has 0 spiro atoms. The van der Waals surface area contributed by atoms with Gasteiger partial charge in [-0.3, -0.25) is 4.79 Å². The molecule has 26 heavy (non-hydrogen) atoms. The van der Waals surface area contributed by atoms with Gasteiger partial charge in [-0.25, -0.2) is 13.1 Å². The van der Waals surface area contributed by atoms with Crippen LogP contribution in [-0.4, -0.2) is 20.9 Å². The van der Waals surface area contributed by atoms with Crippen molar-refractivity contribution in [2.75, 3.05) is 6.54 Å². The van der Waals surface area contributed by atoms with Gasteiger partial charge in [-0.15, -0.1) is 0 Å². The predicted molar refractivity (Wildman–Crippen MR) is 103 cm³/mol. The summed E-state index contributed by atoms with van der Waals surface area (Å²) in [6, 6.07) is 16.4. The van der Waals surface area contributed by atoms with Crippen molar-refractivity contribution in [2.24, 2.45) is 5.92 Å². The van der Waals surface area contributed by atoms with Crippen molar-refractivity contribution in [1.82, 2.24) is 10.0 Å². The zero-order valence-electron chi connectivity index (χ0n) is 15.2. The van der Waals surface area contributed by atoms with Crippen LogP contribution in [0.15, 0.2) is 59.5 Å². The molecule has 0 heterocycles. The number of carbonyl (C=O) groups excluding carboxylic acids is 1. The maximum absolute atomic E-state index is 12.2. The van der Waals surface area contributed by atoms with E-state index in [-0.39, 0.29) is 16.7 Å². The zero-order chi connectivity index (χ0) is 19.0. The van der Waals surface area contributed by atoms with Crippen LogP contribution in [-0.2, 0) is 27.8 Å². The molecule has 0 aliphatic rings. The fourth-order valence-corrected chi connectivity index (χ4v) is 3.55. The first-order valence-corrected chi connectivity index (χ1v) is 10.2. The van der Waals surface area contributed by atoms with Crippen LogP contribution in [0.3, 0.4) is 0 Å². The van der Waals surface area contributed by atoms with E-state index < -0.39 is 10.0 Å². The van der Waals surface area contributed by atoms with E-state index in [1.54, 1.807) is 24.3 Å². The lowest BCUT2D eigenvalue weighted by Crippen LogP contribution is -2.27. The fraction of sp³-hybridized carbons (Fsp3) is 0.350. The van der Waals surface area contributed by atoms with Gasteiger partial charge in [-0.05, 0) is 35.6 Å². The number of hydrogen-bond donors (Lipinski definition) is 2. The number of amides is 1. The lowest BCUT2D eigenvalue weighted by molar-refractivity contribution is -0.121. The molecule has 0 bridgehead atoms. The minimum Gasteiger partial charge on any atom is -0.352 e. The highest BCUT2D eigenvalue weighted by Gasteiger charge is 2.14. The van der Waals surface area contributed by atoms with Crippen LogP contribution in [0.25, 0.3) is 0 Å². The van der Waals surface area contributed by atoms with Crippen molar-refractivity contribution in [3.05, 3.63) is 65.7 Å². The Bertz CT molecular complexity index is 801. The van der Waals surface area contributed by atoms with Gasteiger partial charge in [0.15, 0.2) is 0 Å². The number of nitrogens with one attached hydrogen (secondary N) is 2. The van der Waals surface area contributed by atoms with Crippen molar-refractivity contribution in [2.45, 2.75) is 38.1 Å². The Hall–Kier alpha value is -2.18. The Labute approximate surface area is 155 Å². The van der Waals surface area contributed by atoms with Crippen LogP contribution in [0, 0.1) is 5.92 Å². The van der Waals surface area contributed by atoms with E-state index in [0.29, 0.717) is 25.9 Å². The van der Waals surface area contributed by atoms with Crippen LogP contribution >= 0.6 is 0 Å². The SMILES string of the molecule is CC(C)CNS(=O)(=O)c1ccc(CCC(=O)NCc2ccccc2)cc1. The number of hydrogen-bond acceptors (Lipinski definition) is 3. The molecule has 5 nitrogen and oxygen atoms in total. The molecular weight excluding hydrogens is 348 g/mol. The highest BCUT2D eigenvalue weighted by Crippen LogP contribution is 2.12. The molecule has 0 fully saturated rings. The molecule has 2 aromatic rings. The quantitative estimate of drug-likeness (QED) is 0.709. The lowest BCUT2D eigenvalue weighted by atomic mass is 10.1. The van der Waals surface area contributed by atoms with E-state index in [9.17, 15) is 13.2 Å². The Kier molecular flexibility index (Phi) is 7.36. The van der Waals surface area contributed by atoms with E-state index >= 15 is 0 Å². The first-order chi connectivity index (χ1) is 12.4. The van der Waals surface area contributed by atoms with Crippen LogP contribution in [0.4, 0.5) is 0 Å². The standard InChI is InChI=1S/C20H26N2O3S/c1-16(2)14-22-26(24,25)19-11-8-17(9-12-19)10-13-20(23)21-15-18-6-4-3-5-7-18/h3-9,11-12,16,22H,10,13-15H2,1-2H3,(H,21,23). The van der Waals surface area contributed by atoms with Crippen LogP contribution < -0.4 is 10.0 Å². The second-order valence-corrected chi connectivity index (χ2v) is 8.42. The molecule has 1 amide bonds. The van der Waals surface area contributed by atoms with Gasteiger partial charge >= 0.3 is 0 Å². The van der Waals surface area contributed by atoms with Gasteiger partial charge in [0.1, 0.15) is 0 Å². The molecule has 0 aliphatic carbocycles. The molecule has 6 heteroatoms. The third-order valence-electron chi connectivity index (χ3n) is 3.89. The fourth-order valence-electron chi connectivity index (χ4n) is 2.34. The van der Waals surface area contributed by atoms with E-state index in [0.717, 1.165) is 11.1 Å². The predicted octanol–water partition coefficient (Wildman–Crippen LogP) is 2.87. The Morgan fingerprint density at radius 2 is 1.62 bits per heavy atom. The molecule has 2 aromatic carbocycles. The summed E-state index contributed by atoms with van der Waals surface area (Å²) >= 11 is 0. The van der Waals surface area contributed by atoms with E-state index in [2.05, 4.69) is 10.0 Å². The minimum atomic E-state index is -3.47. The molecular formula is C20H26N2O3S. The highest BCUT2D eigenvalue weighted by molar-refractivity contribution is 7.89. The van der Waals surface area contributed by atoms with Gasteiger partial charge in [-0.2, -0.15) is 0 Å². The van der Waals surface area contributed by atoms with E-state index in [1.165, 1.54) is 0 Å². The monoisotopic (exact) mass is 374 g/mol. The maximum Gasteiger partial charge on any atom is 0.240 e. The summed E-state index contributed by atoms with van der Waals surface area (Å²) in [6.07, 6.45) is 0.935. The number of sulfonamides is 1. The molecule has 0 aliphatic heterocycles. The van der Waals surface area contributed by atoms with Crippen LogP contribution in [0.1, 0.15) is 31.4 Å². The summed E-state index contributed by atoms with van der Waals surface area (Å²) in [6.45, 7) is 4.83. The second-order valence-electron chi connectivity index (χ2n) is 6.65. The average molecular weight is 375 g/mol. The van der Waals surface area contributed by atoms with Crippen molar-refractivity contribution >= 4 is 15.9 Å². The van der Waals surface area contributed by atoms with E-state index in [4.69, 9.17) is 0 Å². The highest BCUT2D eigenvalue weighted by atomic mass is 32.2. The lowest BCUT2D eigenvalue weighted by Gasteiger charge is -2.09. The summed E-state index contributed by atoms with van der Waals surface area (Å²) in [4.78, 5) is 12.2. The Morgan fingerprint density at radius 1 is 0.962 bits per heavy atom. The number of rotatable bonds is 9. The summed E-state index contributed by atoms with van der Waals surface area (Å²) in [7, 11) is -3.47. The van der Waals surface area contributed by atoms with Crippen molar-refractivity contribution < 1.29 is 13.2 Å². The van der Waals surface area contributed by atoms with Gasteiger partial charge in [-0.1, -0.05) is 56.3 Å². The second kappa shape index (κ2) is 9.50. The topological polar surface area (TPSA) is 75.3 Å². The van der Waals surface area contributed by atoms with Crippen molar-refractivity contribution in [1.29, 1.82) is 0 Å². The summed E-state index contributed by atoms with van der Waals surface area (Å²) in [5.74, 6) is 0.225. The third-order valence-corrected chi connectivity index (χ3v) is 5.33. The largest absolute Gasteiger partial charge is 0.352 e. The Balaban J connectivity index is 1.82. The average Bonchev–Trinajstić information content (AvgIpc) is 2.64. The van der Waals surface area contributed by atoms with Crippen LogP contribution in [0.2, 0.25) is 0 Å². The number of carbonyl (C=O) groups is 1. The number of aryl methyl sites for hydroxylation is 1. The van der Waals surface area contributed by atoms with Crippen molar-refractivity contribution in [3.8, 4) is 0 Å². The first kappa shape index (κ1) is 20.1. The summed E-state index contributed by atoms with van der Waals surface area (Å²) < 4.78 is 26.9. The minimum absolute atomic E-state index is 0.0239. The maximum atomic E-state index is 12.2. The van der Waals surface area contributed by atoms with Gasteiger partial charge < -0.3 is 5.32 Å². The zero-order valence-corrected chi connectivity index (χ0v) is 16.1. The molecule has 2 N–H and O–H groups in total. The first-order valence-electron chi connectivity index (χ1n) is 8.76. The van der Waals surface area contributed by atoms with Gasteiger partial charge in [0.25, 0.3) is 0 Å². The summed E-state index contributed by atoms with van der Waals surface area (Å²) in [5, 5.41) is 2.89. The number of benzene rings is 2. The normalized spacial score (nSPS) is 11.5. The Morgan fingerprint density at radius 3 is 2.23 bits per heavy atom. The van der Waals surface area contributed by atoms with Gasteiger partial charge in [0.2, 0.25) is 15.9 Å². The van der Waals surface area contributed by atoms with Gasteiger partial charge in [0, 0.05) is 19.5 Å². The molecule has 140 valence electrons. The molecule has 2 rings (SSSR count). The van der Waals surface area contributed by atoms with Crippen LogP contribution in [0.5, 0.6) is 0 Å². The smallest absolute Gasteiger partial charge is 0.240 e. The van der Waals surface area contributed by atoms with Crippen molar-refractivity contribution in [3.63, 3.8) is 0 Å². The molecule has 0 unspecified atom stereocenters. The van der Waals surface area contributed by atoms with E-state index in [1.807, 2.05) is 44.2 Å². The molecule has 0 saturated carbocycles. The summed E-state index contributed by atoms with van der Waals surface area (Å²) in [5.41, 5.74) is 1.99.